The fourth-order valence-corrected chi connectivity index (χ4v) is 3.95. The molecule has 0 aromatic heterocycles. The van der Waals surface area contributed by atoms with Crippen molar-refractivity contribution in [1.29, 1.82) is 0 Å². The van der Waals surface area contributed by atoms with Crippen molar-refractivity contribution in [3.63, 3.8) is 0 Å². The maximum atomic E-state index is 13.0. The number of thiocarbonyl (C=S) groups is 1. The van der Waals surface area contributed by atoms with Crippen molar-refractivity contribution in [3.05, 3.63) is 95.3 Å². The van der Waals surface area contributed by atoms with E-state index in [9.17, 15) is 14.0 Å². The Hall–Kier alpha value is -3.78. The van der Waals surface area contributed by atoms with Gasteiger partial charge < -0.3 is 15.1 Å². The summed E-state index contributed by atoms with van der Waals surface area (Å²) in [5, 5.41) is 5.73. The Morgan fingerprint density at radius 2 is 1.41 bits per heavy atom. The summed E-state index contributed by atoms with van der Waals surface area (Å²) >= 11 is 5.22. The lowest BCUT2D eigenvalue weighted by atomic mass is 10.1. The van der Waals surface area contributed by atoms with Crippen LogP contribution >= 0.6 is 12.2 Å². The minimum absolute atomic E-state index is 0.0652. The van der Waals surface area contributed by atoms with E-state index in [1.165, 1.54) is 24.3 Å². The van der Waals surface area contributed by atoms with Crippen LogP contribution in [0.25, 0.3) is 0 Å². The summed E-state index contributed by atoms with van der Waals surface area (Å²) < 4.78 is 13.0. The molecule has 6 nitrogen and oxygen atoms in total. The lowest BCUT2D eigenvalue weighted by molar-refractivity contribution is 0.0746. The number of nitrogens with zero attached hydrogens (tertiary/aromatic N) is 2. The third-order valence-electron chi connectivity index (χ3n) is 5.69. The van der Waals surface area contributed by atoms with Gasteiger partial charge in [-0.15, -0.1) is 0 Å². The summed E-state index contributed by atoms with van der Waals surface area (Å²) in [6.07, 6.45) is 0. The van der Waals surface area contributed by atoms with Gasteiger partial charge in [0.15, 0.2) is 5.11 Å². The number of amides is 2. The van der Waals surface area contributed by atoms with Crippen LogP contribution in [0.3, 0.4) is 0 Å². The number of hydrogen-bond donors (Lipinski definition) is 2. The van der Waals surface area contributed by atoms with Crippen LogP contribution in [0.5, 0.6) is 0 Å². The Balaban J connectivity index is 1.28. The highest BCUT2D eigenvalue weighted by molar-refractivity contribution is 7.80. The molecule has 0 atom stereocenters. The minimum Gasteiger partial charge on any atom is -0.368 e. The van der Waals surface area contributed by atoms with E-state index >= 15 is 0 Å². The predicted octanol–water partition coefficient (Wildman–Crippen LogP) is 4.22. The van der Waals surface area contributed by atoms with Gasteiger partial charge in [0.25, 0.3) is 11.8 Å². The van der Waals surface area contributed by atoms with Gasteiger partial charge >= 0.3 is 0 Å². The topological polar surface area (TPSA) is 64.7 Å². The zero-order valence-electron chi connectivity index (χ0n) is 18.8. The molecule has 1 fully saturated rings. The molecule has 1 aliphatic rings. The monoisotopic (exact) mass is 476 g/mol. The molecular weight excluding hydrogens is 451 g/mol. The molecule has 0 saturated carbocycles. The van der Waals surface area contributed by atoms with Gasteiger partial charge in [0, 0.05) is 48.7 Å². The van der Waals surface area contributed by atoms with Gasteiger partial charge in [-0.1, -0.05) is 17.7 Å². The molecule has 0 radical (unpaired) electrons. The number of aryl methyl sites for hydroxylation is 1. The maximum absolute atomic E-state index is 13.0. The van der Waals surface area contributed by atoms with Gasteiger partial charge in [0.2, 0.25) is 0 Å². The lowest BCUT2D eigenvalue weighted by Crippen LogP contribution is -2.48. The summed E-state index contributed by atoms with van der Waals surface area (Å²) in [5.41, 5.74) is 3.96. The molecule has 1 aliphatic heterocycles. The third kappa shape index (κ3) is 5.77. The third-order valence-corrected chi connectivity index (χ3v) is 5.89. The van der Waals surface area contributed by atoms with E-state index < -0.39 is 11.7 Å². The number of hydrogen-bond acceptors (Lipinski definition) is 4. The number of halogens is 1. The van der Waals surface area contributed by atoms with Crippen LogP contribution < -0.4 is 15.5 Å². The minimum atomic E-state index is -0.410. The second-order valence-corrected chi connectivity index (χ2v) is 8.52. The van der Waals surface area contributed by atoms with Crippen LogP contribution in [0, 0.1) is 12.7 Å². The lowest BCUT2D eigenvalue weighted by Gasteiger charge is -2.36. The molecule has 174 valence electrons. The molecule has 0 spiro atoms. The van der Waals surface area contributed by atoms with E-state index in [0.717, 1.165) is 35.6 Å². The molecule has 3 aromatic rings. The first-order valence-electron chi connectivity index (χ1n) is 11.0. The number of piperazine rings is 1. The summed E-state index contributed by atoms with van der Waals surface area (Å²) in [4.78, 5) is 29.0. The van der Waals surface area contributed by atoms with Gasteiger partial charge in [0.05, 0.1) is 0 Å². The summed E-state index contributed by atoms with van der Waals surface area (Å²) in [6.45, 7) is 4.82. The molecular formula is C26H25FN4O2S. The molecule has 1 saturated heterocycles. The Morgan fingerprint density at radius 1 is 0.824 bits per heavy atom. The number of nitrogens with one attached hydrogen (secondary N) is 2. The number of anilines is 2. The highest BCUT2D eigenvalue weighted by Gasteiger charge is 2.22. The zero-order chi connectivity index (χ0) is 24.1. The Labute approximate surface area is 203 Å². The van der Waals surface area contributed by atoms with E-state index in [-0.39, 0.29) is 11.0 Å². The van der Waals surface area contributed by atoms with Crippen molar-refractivity contribution in [1.82, 2.24) is 10.2 Å². The predicted molar refractivity (Wildman–Crippen MR) is 136 cm³/mol. The highest BCUT2D eigenvalue weighted by Crippen LogP contribution is 2.20. The Kier molecular flexibility index (Phi) is 7.18. The van der Waals surface area contributed by atoms with E-state index in [0.29, 0.717) is 18.7 Å². The smallest absolute Gasteiger partial charge is 0.257 e. The van der Waals surface area contributed by atoms with Gasteiger partial charge in [-0.05, 0) is 79.8 Å². The molecule has 2 amide bonds. The Morgan fingerprint density at radius 3 is 2.03 bits per heavy atom. The van der Waals surface area contributed by atoms with Crippen LogP contribution in [-0.4, -0.2) is 48.0 Å². The largest absolute Gasteiger partial charge is 0.368 e. The molecule has 34 heavy (non-hydrogen) atoms. The number of benzene rings is 3. The van der Waals surface area contributed by atoms with Gasteiger partial charge in [0.1, 0.15) is 5.82 Å². The van der Waals surface area contributed by atoms with Crippen LogP contribution in [-0.2, 0) is 0 Å². The standard InChI is InChI=1S/C26H25FN4O2S/c1-18-2-4-20(5-3-18)25(33)31-16-14-30(15-17-31)23-12-10-22(11-13-23)28-26(34)29-24(32)19-6-8-21(27)9-7-19/h2-13H,14-17H2,1H3,(H2,28,29,32,34). The van der Waals surface area contributed by atoms with Crippen LogP contribution in [0.4, 0.5) is 15.8 Å². The molecule has 2 N–H and O–H groups in total. The van der Waals surface area contributed by atoms with Gasteiger partial charge in [-0.25, -0.2) is 4.39 Å². The fraction of sp³-hybridized carbons (Fsp3) is 0.192. The quantitative estimate of drug-likeness (QED) is 0.552. The van der Waals surface area contributed by atoms with Gasteiger partial charge in [-0.3, -0.25) is 14.9 Å². The molecule has 4 rings (SSSR count). The van der Waals surface area contributed by atoms with Crippen molar-refractivity contribution in [3.8, 4) is 0 Å². The average molecular weight is 477 g/mol. The van der Waals surface area contributed by atoms with Crippen molar-refractivity contribution < 1.29 is 14.0 Å². The molecule has 8 heteroatoms. The van der Waals surface area contributed by atoms with E-state index in [1.54, 1.807) is 0 Å². The molecule has 0 aliphatic carbocycles. The van der Waals surface area contributed by atoms with Crippen molar-refractivity contribution in [2.75, 3.05) is 36.4 Å². The molecule has 0 bridgehead atoms. The maximum Gasteiger partial charge on any atom is 0.257 e. The SMILES string of the molecule is Cc1ccc(C(=O)N2CCN(c3ccc(NC(=S)NC(=O)c4ccc(F)cc4)cc3)CC2)cc1. The molecule has 1 heterocycles. The van der Waals surface area contributed by atoms with Gasteiger partial charge in [-0.2, -0.15) is 0 Å². The van der Waals surface area contributed by atoms with E-state index in [2.05, 4.69) is 15.5 Å². The highest BCUT2D eigenvalue weighted by atomic mass is 32.1. The number of carbonyl (C=O) groups is 2. The van der Waals surface area contributed by atoms with Crippen LogP contribution in [0.1, 0.15) is 26.3 Å². The summed E-state index contributed by atoms with van der Waals surface area (Å²) in [6, 6.07) is 20.6. The number of carbonyl (C=O) groups excluding carboxylic acids is 2. The average Bonchev–Trinajstić information content (AvgIpc) is 2.85. The first kappa shape index (κ1) is 23.4. The summed E-state index contributed by atoms with van der Waals surface area (Å²) in [7, 11) is 0. The zero-order valence-corrected chi connectivity index (χ0v) is 19.6. The van der Waals surface area contributed by atoms with E-state index in [4.69, 9.17) is 12.2 Å². The number of rotatable bonds is 4. The van der Waals surface area contributed by atoms with E-state index in [1.807, 2.05) is 60.4 Å². The van der Waals surface area contributed by atoms with Crippen LogP contribution in [0.15, 0.2) is 72.8 Å². The second kappa shape index (κ2) is 10.4. The normalized spacial score (nSPS) is 13.4. The van der Waals surface area contributed by atoms with Crippen molar-refractivity contribution in [2.45, 2.75) is 6.92 Å². The first-order chi connectivity index (χ1) is 16.4. The Bertz CT molecular complexity index is 1170. The van der Waals surface area contributed by atoms with Crippen molar-refractivity contribution in [2.24, 2.45) is 0 Å². The summed E-state index contributed by atoms with van der Waals surface area (Å²) in [5.74, 6) is -0.751. The first-order valence-corrected chi connectivity index (χ1v) is 11.4. The van der Waals surface area contributed by atoms with Crippen molar-refractivity contribution >= 4 is 40.5 Å². The molecule has 3 aromatic carbocycles. The molecule has 0 unspecified atom stereocenters. The van der Waals surface area contributed by atoms with Crippen LogP contribution in [0.2, 0.25) is 0 Å². The second-order valence-electron chi connectivity index (χ2n) is 8.11. The fourth-order valence-electron chi connectivity index (χ4n) is 3.74.